The summed E-state index contributed by atoms with van der Waals surface area (Å²) in [5.41, 5.74) is 3.31. The van der Waals surface area contributed by atoms with Crippen molar-refractivity contribution in [2.24, 2.45) is 4.99 Å². The summed E-state index contributed by atoms with van der Waals surface area (Å²) >= 11 is 1.60. The van der Waals surface area contributed by atoms with Gasteiger partial charge in [-0.25, -0.2) is 9.79 Å². The first kappa shape index (κ1) is 17.3. The molecule has 27 heavy (non-hydrogen) atoms. The Morgan fingerprint density at radius 3 is 2.07 bits per heavy atom. The molecule has 1 aliphatic rings. The number of ether oxygens (including phenoxy) is 1. The normalized spacial score (nSPS) is 15.3. The maximum atomic E-state index is 12.6. The number of benzene rings is 3. The Hall–Kier alpha value is -3.11. The number of nitrogens with zero attached hydrogens (tertiary/aromatic N) is 1. The maximum absolute atomic E-state index is 12.6. The van der Waals surface area contributed by atoms with Gasteiger partial charge in [0.05, 0.1) is 0 Å². The molecule has 4 heteroatoms. The van der Waals surface area contributed by atoms with E-state index in [1.165, 1.54) is 5.56 Å². The SMILES string of the molecule is O=C1OC(c2ccccc2)=N/C1=C(/SCc1ccccc1)c1ccccc1. The highest BCUT2D eigenvalue weighted by molar-refractivity contribution is 8.07. The van der Waals surface area contributed by atoms with E-state index in [0.717, 1.165) is 21.8 Å². The summed E-state index contributed by atoms with van der Waals surface area (Å²) in [5.74, 6) is 0.690. The van der Waals surface area contributed by atoms with E-state index in [2.05, 4.69) is 17.1 Å². The Balaban J connectivity index is 1.72. The molecule has 0 aliphatic carbocycles. The Labute approximate surface area is 162 Å². The third kappa shape index (κ3) is 4.01. The zero-order chi connectivity index (χ0) is 18.5. The summed E-state index contributed by atoms with van der Waals surface area (Å²) in [6, 6.07) is 29.5. The minimum Gasteiger partial charge on any atom is -0.402 e. The lowest BCUT2D eigenvalue weighted by atomic mass is 10.2. The monoisotopic (exact) mass is 371 g/mol. The van der Waals surface area contributed by atoms with Crippen LogP contribution in [0.1, 0.15) is 16.7 Å². The van der Waals surface area contributed by atoms with Crippen LogP contribution in [-0.4, -0.2) is 11.9 Å². The van der Waals surface area contributed by atoms with E-state index in [9.17, 15) is 4.79 Å². The lowest BCUT2D eigenvalue weighted by Gasteiger charge is -2.08. The molecule has 0 amide bonds. The summed E-state index contributed by atoms with van der Waals surface area (Å²) in [4.78, 5) is 17.9. The van der Waals surface area contributed by atoms with Crippen molar-refractivity contribution < 1.29 is 9.53 Å². The third-order valence-electron chi connectivity index (χ3n) is 4.09. The highest BCUT2D eigenvalue weighted by atomic mass is 32.2. The number of hydrogen-bond acceptors (Lipinski definition) is 4. The molecule has 0 spiro atoms. The minimum absolute atomic E-state index is 0.351. The van der Waals surface area contributed by atoms with Gasteiger partial charge in [-0.05, 0) is 23.3 Å². The molecule has 0 N–H and O–H groups in total. The van der Waals surface area contributed by atoms with E-state index >= 15 is 0 Å². The molecule has 3 aromatic carbocycles. The number of hydrogen-bond donors (Lipinski definition) is 0. The lowest BCUT2D eigenvalue weighted by Crippen LogP contribution is -2.05. The van der Waals surface area contributed by atoms with E-state index in [4.69, 9.17) is 4.74 Å². The first-order valence-electron chi connectivity index (χ1n) is 8.64. The first-order chi connectivity index (χ1) is 13.3. The van der Waals surface area contributed by atoms with Gasteiger partial charge in [0.1, 0.15) is 0 Å². The second-order valence-electron chi connectivity index (χ2n) is 5.99. The summed E-state index contributed by atoms with van der Waals surface area (Å²) in [6.45, 7) is 0. The van der Waals surface area contributed by atoms with Crippen LogP contribution in [0.5, 0.6) is 0 Å². The molecule has 4 rings (SSSR count). The van der Waals surface area contributed by atoms with Gasteiger partial charge in [-0.1, -0.05) is 78.9 Å². The fourth-order valence-corrected chi connectivity index (χ4v) is 3.83. The lowest BCUT2D eigenvalue weighted by molar-refractivity contribution is -0.129. The molecule has 132 valence electrons. The Kier molecular flexibility index (Phi) is 5.17. The molecule has 0 atom stereocenters. The molecule has 0 bridgehead atoms. The average molecular weight is 371 g/mol. The molecule has 0 radical (unpaired) electrons. The molecule has 0 aromatic heterocycles. The number of carbonyl (C=O) groups excluding carboxylic acids is 1. The van der Waals surface area contributed by atoms with E-state index in [1.807, 2.05) is 78.9 Å². The third-order valence-corrected chi connectivity index (χ3v) is 5.29. The van der Waals surface area contributed by atoms with E-state index in [0.29, 0.717) is 11.6 Å². The summed E-state index contributed by atoms with van der Waals surface area (Å²) in [6.07, 6.45) is 0. The minimum atomic E-state index is -0.409. The Morgan fingerprint density at radius 1 is 0.815 bits per heavy atom. The van der Waals surface area contributed by atoms with Crippen molar-refractivity contribution in [3.8, 4) is 0 Å². The predicted octanol–water partition coefficient (Wildman–Crippen LogP) is 5.29. The van der Waals surface area contributed by atoms with Crippen LogP contribution in [0.3, 0.4) is 0 Å². The molecule has 0 fully saturated rings. The van der Waals surface area contributed by atoms with E-state index in [-0.39, 0.29) is 0 Å². The Morgan fingerprint density at radius 2 is 1.41 bits per heavy atom. The molecule has 0 saturated heterocycles. The van der Waals surface area contributed by atoms with Crippen LogP contribution >= 0.6 is 11.8 Å². The molecule has 3 nitrogen and oxygen atoms in total. The van der Waals surface area contributed by atoms with Gasteiger partial charge in [-0.3, -0.25) is 0 Å². The van der Waals surface area contributed by atoms with Gasteiger partial charge in [-0.15, -0.1) is 11.8 Å². The average Bonchev–Trinajstić information content (AvgIpc) is 3.12. The van der Waals surface area contributed by atoms with Gasteiger partial charge in [0.2, 0.25) is 5.90 Å². The molecular weight excluding hydrogens is 354 g/mol. The number of thioether (sulfide) groups is 1. The molecule has 0 unspecified atom stereocenters. The van der Waals surface area contributed by atoms with Crippen molar-refractivity contribution >= 4 is 28.5 Å². The van der Waals surface area contributed by atoms with Crippen LogP contribution in [0.15, 0.2) is 102 Å². The fourth-order valence-electron chi connectivity index (χ4n) is 2.76. The topological polar surface area (TPSA) is 38.7 Å². The van der Waals surface area contributed by atoms with Crippen LogP contribution in [-0.2, 0) is 15.3 Å². The van der Waals surface area contributed by atoms with Crippen LogP contribution < -0.4 is 0 Å². The van der Waals surface area contributed by atoms with Crippen LogP contribution in [0.25, 0.3) is 4.91 Å². The Bertz CT molecular complexity index is 996. The van der Waals surface area contributed by atoms with Gasteiger partial charge in [0.25, 0.3) is 0 Å². The van der Waals surface area contributed by atoms with E-state index in [1.54, 1.807) is 11.8 Å². The fraction of sp³-hybridized carbons (Fsp3) is 0.0435. The zero-order valence-corrected chi connectivity index (χ0v) is 15.4. The van der Waals surface area contributed by atoms with Gasteiger partial charge in [0, 0.05) is 16.2 Å². The highest BCUT2D eigenvalue weighted by Crippen LogP contribution is 2.36. The molecular formula is C23H17NO2S. The predicted molar refractivity (Wildman–Crippen MR) is 110 cm³/mol. The van der Waals surface area contributed by atoms with Crippen molar-refractivity contribution in [1.82, 2.24) is 0 Å². The van der Waals surface area contributed by atoms with Gasteiger partial charge >= 0.3 is 5.97 Å². The highest BCUT2D eigenvalue weighted by Gasteiger charge is 2.28. The van der Waals surface area contributed by atoms with E-state index < -0.39 is 5.97 Å². The summed E-state index contributed by atoms with van der Waals surface area (Å²) in [7, 11) is 0. The second-order valence-corrected chi connectivity index (χ2v) is 6.98. The van der Waals surface area contributed by atoms with Gasteiger partial charge < -0.3 is 4.74 Å². The van der Waals surface area contributed by atoms with Crippen molar-refractivity contribution in [2.75, 3.05) is 0 Å². The van der Waals surface area contributed by atoms with Crippen molar-refractivity contribution in [2.45, 2.75) is 5.75 Å². The molecule has 1 heterocycles. The standard InChI is InChI=1S/C23H17NO2S/c25-23-20(24-22(26-23)19-14-8-3-9-15-19)21(18-12-6-2-7-13-18)27-16-17-10-4-1-5-11-17/h1-15H,16H2/b21-20+. The van der Waals surface area contributed by atoms with Crippen molar-refractivity contribution in [3.05, 3.63) is 113 Å². The van der Waals surface area contributed by atoms with Crippen molar-refractivity contribution in [1.29, 1.82) is 0 Å². The smallest absolute Gasteiger partial charge is 0.365 e. The zero-order valence-electron chi connectivity index (χ0n) is 14.5. The number of carbonyl (C=O) groups is 1. The van der Waals surface area contributed by atoms with Crippen LogP contribution in [0.2, 0.25) is 0 Å². The van der Waals surface area contributed by atoms with Crippen molar-refractivity contribution in [3.63, 3.8) is 0 Å². The quantitative estimate of drug-likeness (QED) is 0.452. The number of rotatable bonds is 5. The largest absolute Gasteiger partial charge is 0.402 e. The number of esters is 1. The summed E-state index contributed by atoms with van der Waals surface area (Å²) in [5, 5.41) is 0. The summed E-state index contributed by atoms with van der Waals surface area (Å²) < 4.78 is 5.45. The van der Waals surface area contributed by atoms with Crippen LogP contribution in [0, 0.1) is 0 Å². The van der Waals surface area contributed by atoms with Gasteiger partial charge in [0.15, 0.2) is 5.70 Å². The first-order valence-corrected chi connectivity index (χ1v) is 9.62. The van der Waals surface area contributed by atoms with Gasteiger partial charge in [-0.2, -0.15) is 0 Å². The second kappa shape index (κ2) is 8.06. The van der Waals surface area contributed by atoms with Crippen LogP contribution in [0.4, 0.5) is 0 Å². The number of cyclic esters (lactones) is 1. The molecule has 3 aromatic rings. The maximum Gasteiger partial charge on any atom is 0.365 e. The number of aliphatic imine (C=N–C) groups is 1. The molecule has 1 aliphatic heterocycles. The molecule has 0 saturated carbocycles.